The number of hydrogen-bond donors (Lipinski definition) is 1. The van der Waals surface area contributed by atoms with Crippen molar-refractivity contribution in [2.45, 2.75) is 11.8 Å². The topological polar surface area (TPSA) is 41.5 Å². The Morgan fingerprint density at radius 3 is 3.06 bits per heavy atom. The summed E-state index contributed by atoms with van der Waals surface area (Å²) in [6, 6.07) is 7.48. The molecule has 0 aliphatic carbocycles. The Hall–Kier alpha value is -0.910. The number of halogens is 1. The van der Waals surface area contributed by atoms with Gasteiger partial charge in [0, 0.05) is 11.2 Å². The molecule has 1 aromatic rings. The molecule has 1 amide bonds. The highest BCUT2D eigenvalue weighted by Crippen LogP contribution is 2.18. The number of carbonyl (C=O) groups excluding carboxylic acids is 1. The zero-order valence-electron chi connectivity index (χ0n) is 8.72. The molecule has 0 aromatic heterocycles. The first kappa shape index (κ1) is 12.5. The van der Waals surface area contributed by atoms with Crippen molar-refractivity contribution < 1.29 is 4.79 Å². The third-order valence-corrected chi connectivity index (χ3v) is 3.65. The molecule has 0 saturated carbocycles. The SMILES string of the molecule is O=C1NC(=S)SC1C=NCc1cccc(Cl)c1. The van der Waals surface area contributed by atoms with Gasteiger partial charge in [0.25, 0.3) is 0 Å². The Morgan fingerprint density at radius 2 is 2.41 bits per heavy atom. The molecule has 0 bridgehead atoms. The molecular formula is C11H9ClN2OS2. The van der Waals surface area contributed by atoms with Crippen molar-refractivity contribution in [2.75, 3.05) is 0 Å². The standard InChI is InChI=1S/C11H9ClN2OS2/c12-8-3-1-2-7(4-8)5-13-6-9-10(15)14-11(16)17-9/h1-4,6,9H,5H2,(H,14,15,16). The normalized spacial score (nSPS) is 19.9. The van der Waals surface area contributed by atoms with Crippen LogP contribution in [0, 0.1) is 0 Å². The van der Waals surface area contributed by atoms with Crippen LogP contribution in [0.1, 0.15) is 5.56 Å². The summed E-state index contributed by atoms with van der Waals surface area (Å²) in [5, 5.41) is 2.95. The lowest BCUT2D eigenvalue weighted by Gasteiger charge is -1.98. The first-order chi connectivity index (χ1) is 8.15. The first-order valence-electron chi connectivity index (χ1n) is 4.91. The predicted octanol–water partition coefficient (Wildman–Crippen LogP) is 2.43. The Balaban J connectivity index is 1.94. The Kier molecular flexibility index (Phi) is 4.15. The molecule has 6 heteroatoms. The average Bonchev–Trinajstić information content (AvgIpc) is 2.58. The number of nitrogens with one attached hydrogen (secondary N) is 1. The molecule has 1 fully saturated rings. The van der Waals surface area contributed by atoms with E-state index in [1.165, 1.54) is 11.8 Å². The Labute approximate surface area is 114 Å². The van der Waals surface area contributed by atoms with Crippen molar-refractivity contribution in [1.82, 2.24) is 5.32 Å². The van der Waals surface area contributed by atoms with Gasteiger partial charge in [-0.05, 0) is 17.7 Å². The lowest BCUT2D eigenvalue weighted by atomic mass is 10.2. The second kappa shape index (κ2) is 5.62. The van der Waals surface area contributed by atoms with Crippen LogP contribution >= 0.6 is 35.6 Å². The first-order valence-corrected chi connectivity index (χ1v) is 6.57. The largest absolute Gasteiger partial charge is 0.310 e. The quantitative estimate of drug-likeness (QED) is 0.685. The number of hydrogen-bond acceptors (Lipinski definition) is 4. The van der Waals surface area contributed by atoms with E-state index in [1.807, 2.05) is 24.3 Å². The van der Waals surface area contributed by atoms with Crippen molar-refractivity contribution in [1.29, 1.82) is 0 Å². The van der Waals surface area contributed by atoms with Gasteiger partial charge >= 0.3 is 0 Å². The number of benzene rings is 1. The minimum atomic E-state index is -0.304. The van der Waals surface area contributed by atoms with Crippen molar-refractivity contribution >= 4 is 52.0 Å². The smallest absolute Gasteiger partial charge is 0.244 e. The van der Waals surface area contributed by atoms with E-state index in [2.05, 4.69) is 10.3 Å². The number of amides is 1. The van der Waals surface area contributed by atoms with E-state index in [4.69, 9.17) is 23.8 Å². The molecule has 17 heavy (non-hydrogen) atoms. The molecule has 88 valence electrons. The molecular weight excluding hydrogens is 276 g/mol. The molecule has 0 spiro atoms. The monoisotopic (exact) mass is 284 g/mol. The predicted molar refractivity (Wildman–Crippen MR) is 75.8 cm³/mol. The van der Waals surface area contributed by atoms with Gasteiger partial charge in [-0.3, -0.25) is 9.79 Å². The maximum atomic E-state index is 11.3. The van der Waals surface area contributed by atoms with Crippen molar-refractivity contribution in [3.05, 3.63) is 34.9 Å². The summed E-state index contributed by atoms with van der Waals surface area (Å²) in [5.41, 5.74) is 1.01. The molecule has 1 saturated heterocycles. The van der Waals surface area contributed by atoms with Crippen molar-refractivity contribution in [3.63, 3.8) is 0 Å². The van der Waals surface area contributed by atoms with Crippen LogP contribution < -0.4 is 5.32 Å². The van der Waals surface area contributed by atoms with Gasteiger partial charge in [0.1, 0.15) is 9.57 Å². The van der Waals surface area contributed by atoms with Crippen LogP contribution in [0.3, 0.4) is 0 Å². The van der Waals surface area contributed by atoms with E-state index in [0.29, 0.717) is 15.9 Å². The maximum absolute atomic E-state index is 11.3. The van der Waals surface area contributed by atoms with Crippen LogP contribution in [0.5, 0.6) is 0 Å². The fraction of sp³-hybridized carbons (Fsp3) is 0.182. The van der Waals surface area contributed by atoms with E-state index in [9.17, 15) is 4.79 Å². The molecule has 1 aliphatic heterocycles. The van der Waals surface area contributed by atoms with E-state index in [0.717, 1.165) is 5.56 Å². The van der Waals surface area contributed by atoms with Gasteiger partial charge in [0.2, 0.25) is 5.91 Å². The summed E-state index contributed by atoms with van der Waals surface area (Å²) in [6.07, 6.45) is 1.63. The summed E-state index contributed by atoms with van der Waals surface area (Å²) < 4.78 is 0.509. The molecule has 1 aromatic carbocycles. The van der Waals surface area contributed by atoms with Crippen molar-refractivity contribution in [3.8, 4) is 0 Å². The fourth-order valence-corrected chi connectivity index (χ4v) is 2.68. The number of thioether (sulfide) groups is 1. The molecule has 1 N–H and O–H groups in total. The molecule has 1 heterocycles. The highest BCUT2D eigenvalue weighted by molar-refractivity contribution is 8.24. The maximum Gasteiger partial charge on any atom is 0.244 e. The highest BCUT2D eigenvalue weighted by Gasteiger charge is 2.26. The van der Waals surface area contributed by atoms with Crippen LogP contribution in [0.4, 0.5) is 0 Å². The second-order valence-electron chi connectivity index (χ2n) is 3.43. The average molecular weight is 285 g/mol. The summed E-state index contributed by atoms with van der Waals surface area (Å²) in [4.78, 5) is 15.6. The van der Waals surface area contributed by atoms with Gasteiger partial charge in [-0.1, -0.05) is 47.7 Å². The molecule has 1 aliphatic rings. The van der Waals surface area contributed by atoms with Gasteiger partial charge in [-0.2, -0.15) is 0 Å². The molecule has 1 unspecified atom stereocenters. The fourth-order valence-electron chi connectivity index (χ4n) is 1.36. The summed E-state index contributed by atoms with van der Waals surface area (Å²) >= 11 is 12.0. The molecule has 1 atom stereocenters. The van der Waals surface area contributed by atoms with E-state index in [1.54, 1.807) is 6.21 Å². The number of aliphatic imine (C=N–C) groups is 1. The number of carbonyl (C=O) groups is 1. The van der Waals surface area contributed by atoms with Gasteiger partial charge in [-0.25, -0.2) is 0 Å². The summed E-state index contributed by atoms with van der Waals surface area (Å²) in [6.45, 7) is 0.512. The van der Waals surface area contributed by atoms with Crippen LogP contribution in [0.2, 0.25) is 5.02 Å². The Morgan fingerprint density at radius 1 is 1.59 bits per heavy atom. The third-order valence-electron chi connectivity index (χ3n) is 2.12. The zero-order chi connectivity index (χ0) is 12.3. The van der Waals surface area contributed by atoms with Crippen LogP contribution in [0.15, 0.2) is 29.3 Å². The summed E-state index contributed by atoms with van der Waals surface area (Å²) in [5.74, 6) is -0.102. The highest BCUT2D eigenvalue weighted by atomic mass is 35.5. The van der Waals surface area contributed by atoms with Crippen LogP contribution in [-0.4, -0.2) is 21.7 Å². The third kappa shape index (κ3) is 3.52. The van der Waals surface area contributed by atoms with E-state index < -0.39 is 0 Å². The van der Waals surface area contributed by atoms with Crippen molar-refractivity contribution in [2.24, 2.45) is 4.99 Å². The lowest BCUT2D eigenvalue weighted by Crippen LogP contribution is -2.24. The number of thiocarbonyl (C=S) groups is 1. The number of nitrogens with zero attached hydrogens (tertiary/aromatic N) is 1. The summed E-state index contributed by atoms with van der Waals surface area (Å²) in [7, 11) is 0. The van der Waals surface area contributed by atoms with Crippen LogP contribution in [0.25, 0.3) is 0 Å². The molecule has 2 rings (SSSR count). The second-order valence-corrected chi connectivity index (χ2v) is 5.69. The van der Waals surface area contributed by atoms with Crippen LogP contribution in [-0.2, 0) is 11.3 Å². The number of rotatable bonds is 3. The van der Waals surface area contributed by atoms with Gasteiger partial charge in [0.05, 0.1) is 6.54 Å². The molecule has 3 nitrogen and oxygen atoms in total. The Bertz CT molecular complexity index is 490. The lowest BCUT2D eigenvalue weighted by molar-refractivity contribution is -0.117. The van der Waals surface area contributed by atoms with Gasteiger partial charge < -0.3 is 5.32 Å². The van der Waals surface area contributed by atoms with E-state index >= 15 is 0 Å². The van der Waals surface area contributed by atoms with E-state index in [-0.39, 0.29) is 11.2 Å². The minimum Gasteiger partial charge on any atom is -0.310 e. The molecule has 0 radical (unpaired) electrons. The van der Waals surface area contributed by atoms with Gasteiger partial charge in [0.15, 0.2) is 0 Å². The van der Waals surface area contributed by atoms with Gasteiger partial charge in [-0.15, -0.1) is 0 Å². The minimum absolute atomic E-state index is 0.102. The zero-order valence-corrected chi connectivity index (χ0v) is 11.1.